The number of guanidine groups is 1. The first-order valence-corrected chi connectivity index (χ1v) is 8.74. The molecule has 1 fully saturated rings. The van der Waals surface area contributed by atoms with Gasteiger partial charge in [-0.3, -0.25) is 4.99 Å². The molecule has 0 saturated heterocycles. The number of benzene rings is 1. The average Bonchev–Trinajstić information content (AvgIpc) is 2.85. The van der Waals surface area contributed by atoms with Crippen LogP contribution < -0.4 is 20.5 Å². The van der Waals surface area contributed by atoms with Crippen molar-refractivity contribution in [2.75, 3.05) is 32.2 Å². The Morgan fingerprint density at radius 1 is 1.20 bits per heavy atom. The van der Waals surface area contributed by atoms with E-state index in [0.717, 1.165) is 55.8 Å². The molecular weight excluding hydrogens is 433 g/mol. The number of hydrogen-bond acceptors (Lipinski definition) is 4. The van der Waals surface area contributed by atoms with Crippen molar-refractivity contribution < 1.29 is 14.2 Å². The fraction of sp³-hybridized carbons (Fsp3) is 0.611. The number of halogens is 1. The van der Waals surface area contributed by atoms with Crippen LogP contribution in [-0.4, -0.2) is 38.9 Å². The van der Waals surface area contributed by atoms with E-state index in [2.05, 4.69) is 10.3 Å². The van der Waals surface area contributed by atoms with E-state index in [0.29, 0.717) is 31.2 Å². The van der Waals surface area contributed by atoms with Gasteiger partial charge in [-0.25, -0.2) is 0 Å². The Morgan fingerprint density at radius 2 is 1.92 bits per heavy atom. The smallest absolute Gasteiger partial charge is 0.193 e. The maximum absolute atomic E-state index is 6.03. The van der Waals surface area contributed by atoms with Gasteiger partial charge in [0.05, 0.1) is 19.3 Å². The van der Waals surface area contributed by atoms with Gasteiger partial charge in [0.25, 0.3) is 0 Å². The summed E-state index contributed by atoms with van der Waals surface area (Å²) in [6.07, 6.45) is 5.85. The molecule has 1 aliphatic carbocycles. The van der Waals surface area contributed by atoms with Crippen LogP contribution in [0.25, 0.3) is 0 Å². The zero-order valence-corrected chi connectivity index (χ0v) is 17.0. The Labute approximate surface area is 166 Å². The van der Waals surface area contributed by atoms with Crippen LogP contribution in [0.2, 0.25) is 0 Å². The lowest BCUT2D eigenvalue weighted by molar-refractivity contribution is 0.0581. The molecule has 1 aliphatic heterocycles. The van der Waals surface area contributed by atoms with E-state index in [1.54, 1.807) is 7.11 Å². The van der Waals surface area contributed by atoms with Gasteiger partial charge >= 0.3 is 0 Å². The third-order valence-electron chi connectivity index (χ3n) is 4.67. The molecule has 2 aliphatic rings. The largest absolute Gasteiger partial charge is 0.490 e. The van der Waals surface area contributed by atoms with Crippen LogP contribution in [-0.2, 0) is 4.74 Å². The second-order valence-electron chi connectivity index (χ2n) is 6.44. The average molecular weight is 461 g/mol. The maximum atomic E-state index is 6.03. The molecule has 0 amide bonds. The van der Waals surface area contributed by atoms with E-state index in [1.165, 1.54) is 0 Å². The molecule has 0 radical (unpaired) electrons. The molecule has 140 valence electrons. The molecule has 3 rings (SSSR count). The van der Waals surface area contributed by atoms with Crippen LogP contribution in [0.3, 0.4) is 0 Å². The lowest BCUT2D eigenvalue weighted by atomic mass is 9.87. The standard InChI is InChI=1S/C18H27N3O3.HI/c1-22-15-6-3-13(4-7-15)12-20-18(19)21-14-5-8-16-17(11-14)24-10-2-9-23-16;/h5,8,11,13,15H,2-4,6-7,9-10,12H2,1H3,(H3,19,20,21);1H. The molecule has 6 nitrogen and oxygen atoms in total. The summed E-state index contributed by atoms with van der Waals surface area (Å²) in [4.78, 5) is 4.49. The molecule has 25 heavy (non-hydrogen) atoms. The van der Waals surface area contributed by atoms with Crippen molar-refractivity contribution in [3.8, 4) is 11.5 Å². The van der Waals surface area contributed by atoms with E-state index >= 15 is 0 Å². The first-order chi connectivity index (χ1) is 11.7. The number of nitrogens with one attached hydrogen (secondary N) is 1. The Hall–Kier alpha value is -1.22. The predicted molar refractivity (Wildman–Crippen MR) is 110 cm³/mol. The minimum absolute atomic E-state index is 0. The van der Waals surface area contributed by atoms with Gasteiger partial charge < -0.3 is 25.3 Å². The van der Waals surface area contributed by atoms with Crippen LogP contribution in [0.5, 0.6) is 11.5 Å². The zero-order valence-electron chi connectivity index (χ0n) is 14.7. The number of hydrogen-bond donors (Lipinski definition) is 2. The van der Waals surface area contributed by atoms with Gasteiger partial charge in [-0.1, -0.05) is 0 Å². The molecule has 1 aromatic carbocycles. The highest BCUT2D eigenvalue weighted by Gasteiger charge is 2.20. The van der Waals surface area contributed by atoms with Crippen molar-refractivity contribution in [3.05, 3.63) is 18.2 Å². The molecule has 0 bridgehead atoms. The number of anilines is 1. The summed E-state index contributed by atoms with van der Waals surface area (Å²) in [5, 5.41) is 3.14. The van der Waals surface area contributed by atoms with Crippen molar-refractivity contribution in [1.29, 1.82) is 0 Å². The predicted octanol–water partition coefficient (Wildman–Crippen LogP) is 3.40. The lowest BCUT2D eigenvalue weighted by Crippen LogP contribution is -2.26. The van der Waals surface area contributed by atoms with E-state index in [4.69, 9.17) is 19.9 Å². The quantitative estimate of drug-likeness (QED) is 0.409. The highest BCUT2D eigenvalue weighted by atomic mass is 127. The first-order valence-electron chi connectivity index (χ1n) is 8.74. The van der Waals surface area contributed by atoms with Gasteiger partial charge in [0, 0.05) is 31.8 Å². The Balaban J connectivity index is 0.00000225. The minimum atomic E-state index is 0. The van der Waals surface area contributed by atoms with Crippen LogP contribution in [0.15, 0.2) is 23.2 Å². The number of rotatable bonds is 4. The molecular formula is C18H28IN3O3. The highest BCUT2D eigenvalue weighted by Crippen LogP contribution is 2.32. The molecule has 1 aromatic rings. The number of methoxy groups -OCH3 is 1. The second kappa shape index (κ2) is 10.1. The molecule has 3 N–H and O–H groups in total. The van der Waals surface area contributed by atoms with Crippen molar-refractivity contribution in [1.82, 2.24) is 0 Å². The summed E-state index contributed by atoms with van der Waals surface area (Å²) in [6, 6.07) is 5.74. The molecule has 0 aromatic heterocycles. The van der Waals surface area contributed by atoms with Gasteiger partial charge in [-0.2, -0.15) is 0 Å². The maximum Gasteiger partial charge on any atom is 0.193 e. The minimum Gasteiger partial charge on any atom is -0.490 e. The summed E-state index contributed by atoms with van der Waals surface area (Å²) < 4.78 is 16.7. The lowest BCUT2D eigenvalue weighted by Gasteiger charge is -2.26. The van der Waals surface area contributed by atoms with Gasteiger partial charge in [0.15, 0.2) is 17.5 Å². The molecule has 0 spiro atoms. The molecule has 0 atom stereocenters. The summed E-state index contributed by atoms with van der Waals surface area (Å²) in [7, 11) is 1.79. The van der Waals surface area contributed by atoms with Crippen molar-refractivity contribution in [3.63, 3.8) is 0 Å². The van der Waals surface area contributed by atoms with Crippen LogP contribution >= 0.6 is 24.0 Å². The number of nitrogens with zero attached hydrogens (tertiary/aromatic N) is 1. The third-order valence-corrected chi connectivity index (χ3v) is 4.67. The zero-order chi connectivity index (χ0) is 16.8. The van der Waals surface area contributed by atoms with E-state index in [1.807, 2.05) is 18.2 Å². The van der Waals surface area contributed by atoms with Gasteiger partial charge in [-0.05, 0) is 43.7 Å². The molecule has 1 heterocycles. The van der Waals surface area contributed by atoms with Gasteiger partial charge in [0.2, 0.25) is 0 Å². The monoisotopic (exact) mass is 461 g/mol. The third kappa shape index (κ3) is 5.91. The number of fused-ring (bicyclic) bond motifs is 1. The van der Waals surface area contributed by atoms with E-state index in [9.17, 15) is 0 Å². The Morgan fingerprint density at radius 3 is 2.64 bits per heavy atom. The summed E-state index contributed by atoms with van der Waals surface area (Å²) in [5.41, 5.74) is 6.89. The molecule has 7 heteroatoms. The topological polar surface area (TPSA) is 78.1 Å². The number of aliphatic imine (C=N–C) groups is 1. The Bertz CT molecular complexity index is 575. The fourth-order valence-electron chi connectivity index (χ4n) is 3.21. The number of nitrogens with two attached hydrogens (primary N) is 1. The van der Waals surface area contributed by atoms with Crippen molar-refractivity contribution >= 4 is 35.6 Å². The van der Waals surface area contributed by atoms with Gasteiger partial charge in [0.1, 0.15) is 0 Å². The summed E-state index contributed by atoms with van der Waals surface area (Å²) >= 11 is 0. The second-order valence-corrected chi connectivity index (χ2v) is 6.44. The molecule has 0 unspecified atom stereocenters. The van der Waals surface area contributed by atoms with Crippen LogP contribution in [0.1, 0.15) is 32.1 Å². The summed E-state index contributed by atoms with van der Waals surface area (Å²) in [5.74, 6) is 2.57. The van der Waals surface area contributed by atoms with Crippen molar-refractivity contribution in [2.45, 2.75) is 38.2 Å². The molecule has 1 saturated carbocycles. The van der Waals surface area contributed by atoms with E-state index < -0.39 is 0 Å². The SMILES string of the molecule is COC1CCC(CN=C(N)Nc2ccc3c(c2)OCCCO3)CC1.I. The highest BCUT2D eigenvalue weighted by molar-refractivity contribution is 14.0. The Kier molecular flexibility index (Phi) is 8.08. The normalized spacial score (nSPS) is 23.3. The first kappa shape index (κ1) is 20.1. The van der Waals surface area contributed by atoms with Crippen LogP contribution in [0.4, 0.5) is 5.69 Å². The van der Waals surface area contributed by atoms with E-state index in [-0.39, 0.29) is 24.0 Å². The fourth-order valence-corrected chi connectivity index (χ4v) is 3.21. The van der Waals surface area contributed by atoms with Gasteiger partial charge in [-0.15, -0.1) is 24.0 Å². The number of ether oxygens (including phenoxy) is 3. The van der Waals surface area contributed by atoms with Crippen LogP contribution in [0, 0.1) is 5.92 Å². The van der Waals surface area contributed by atoms with Crippen molar-refractivity contribution in [2.24, 2.45) is 16.6 Å². The summed E-state index contributed by atoms with van der Waals surface area (Å²) in [6.45, 7) is 2.12.